The number of halogens is 2. The van der Waals surface area contributed by atoms with Gasteiger partial charge in [-0.15, -0.1) is 0 Å². The van der Waals surface area contributed by atoms with Crippen molar-refractivity contribution in [3.8, 4) is 33.4 Å². The summed E-state index contributed by atoms with van der Waals surface area (Å²) in [5.41, 5.74) is 23.7. The summed E-state index contributed by atoms with van der Waals surface area (Å²) >= 11 is -5.52. The molecule has 0 bridgehead atoms. The van der Waals surface area contributed by atoms with Crippen LogP contribution in [0.4, 0.5) is 0 Å². The van der Waals surface area contributed by atoms with E-state index in [4.69, 9.17) is 17.0 Å². The van der Waals surface area contributed by atoms with E-state index in [0.717, 1.165) is 12.8 Å². The molecule has 6 aromatic carbocycles. The molecule has 0 radical (unpaired) electrons. The van der Waals surface area contributed by atoms with Gasteiger partial charge in [0.1, 0.15) is 0 Å². The Bertz CT molecular complexity index is 2540. The van der Waals surface area contributed by atoms with Crippen LogP contribution in [0.2, 0.25) is 0 Å². The third-order valence-corrected chi connectivity index (χ3v) is 36.4. The first-order chi connectivity index (χ1) is 26.8. The van der Waals surface area contributed by atoms with Crippen LogP contribution in [-0.4, -0.2) is 9.52 Å². The molecular formula is C52H51Cl2SiZr. The van der Waals surface area contributed by atoms with Crippen molar-refractivity contribution in [2.75, 3.05) is 0 Å². The number of fused-ring (bicyclic) bond motifs is 5. The molecule has 0 aromatic heterocycles. The second-order valence-electron chi connectivity index (χ2n) is 17.1. The van der Waals surface area contributed by atoms with Crippen LogP contribution in [-0.2, 0) is 29.2 Å². The van der Waals surface area contributed by atoms with E-state index >= 15 is 0 Å². The van der Waals surface area contributed by atoms with Gasteiger partial charge in [0.05, 0.1) is 0 Å². The van der Waals surface area contributed by atoms with Crippen molar-refractivity contribution in [3.05, 3.63) is 170 Å². The summed E-state index contributed by atoms with van der Waals surface area (Å²) in [6.07, 6.45) is 6.85. The van der Waals surface area contributed by atoms with Crippen molar-refractivity contribution < 1.29 is 16.4 Å². The molecule has 3 aliphatic rings. The molecular weight excluding hydrogens is 815 g/mol. The Morgan fingerprint density at radius 2 is 1.00 bits per heavy atom. The van der Waals surface area contributed by atoms with Crippen LogP contribution in [0.15, 0.2) is 114 Å². The Labute approximate surface area is 344 Å². The van der Waals surface area contributed by atoms with Gasteiger partial charge < -0.3 is 0 Å². The van der Waals surface area contributed by atoms with Gasteiger partial charge in [0, 0.05) is 0 Å². The third-order valence-electron chi connectivity index (χ3n) is 13.2. The van der Waals surface area contributed by atoms with E-state index in [1.807, 2.05) is 0 Å². The van der Waals surface area contributed by atoms with Gasteiger partial charge in [0.15, 0.2) is 0 Å². The summed E-state index contributed by atoms with van der Waals surface area (Å²) < 4.78 is 1.10. The molecule has 0 amide bonds. The normalized spacial score (nSPS) is 17.9. The molecule has 4 heteroatoms. The molecule has 1 aliphatic heterocycles. The summed E-state index contributed by atoms with van der Waals surface area (Å²) in [5, 5.41) is 2.96. The van der Waals surface area contributed by atoms with Crippen molar-refractivity contribution in [2.45, 2.75) is 75.5 Å². The SMILES string of the molecule is CCc1ccc2c(c1-c1cc(C)cc(C)c1)C=C(C)[CH]2[Zr]([Cl])([Cl])([c]1cccc2c1[SiH2]c1ccccc1-2)[CH]1C(C)=Cc2c1ccc(CC)c2-c1cc(C)cc(C)c1. The molecule has 0 fully saturated rings. The Balaban J connectivity index is 1.36. The topological polar surface area (TPSA) is 0 Å². The monoisotopic (exact) mass is 863 g/mol. The zero-order chi connectivity index (χ0) is 39.3. The van der Waals surface area contributed by atoms with Crippen molar-refractivity contribution in [1.29, 1.82) is 0 Å². The van der Waals surface area contributed by atoms with E-state index in [2.05, 4.69) is 171 Å². The van der Waals surface area contributed by atoms with E-state index in [1.54, 1.807) is 0 Å². The number of hydrogen-bond acceptors (Lipinski definition) is 0. The second kappa shape index (κ2) is 13.8. The molecule has 0 spiro atoms. The Morgan fingerprint density at radius 3 is 1.48 bits per heavy atom. The zero-order valence-corrected chi connectivity index (χ0v) is 39.4. The molecule has 9 rings (SSSR count). The molecule has 2 unspecified atom stereocenters. The molecule has 0 saturated heterocycles. The first-order valence-corrected chi connectivity index (χ1v) is 32.3. The molecule has 0 nitrogen and oxygen atoms in total. The summed E-state index contributed by atoms with van der Waals surface area (Å²) in [4.78, 5) is 0. The zero-order valence-electron chi connectivity index (χ0n) is 34.0. The number of allylic oxidation sites excluding steroid dienone is 2. The molecule has 281 valence electrons. The van der Waals surface area contributed by atoms with E-state index in [1.165, 1.54) is 114 Å². The fourth-order valence-electron chi connectivity index (χ4n) is 11.3. The second-order valence-corrected chi connectivity index (χ2v) is 39.6. The van der Waals surface area contributed by atoms with Crippen LogP contribution in [0.1, 0.15) is 90.6 Å². The molecule has 2 atom stereocenters. The van der Waals surface area contributed by atoms with Crippen LogP contribution in [0.5, 0.6) is 0 Å². The van der Waals surface area contributed by atoms with E-state index in [-0.39, 0.29) is 7.25 Å². The quantitative estimate of drug-likeness (QED) is 0.140. The van der Waals surface area contributed by atoms with Crippen LogP contribution in [0, 0.1) is 27.7 Å². The van der Waals surface area contributed by atoms with Gasteiger partial charge in [-0.1, -0.05) is 0 Å². The maximum atomic E-state index is 9.16. The number of aryl methyl sites for hydroxylation is 6. The minimum atomic E-state index is -5.52. The van der Waals surface area contributed by atoms with Crippen LogP contribution in [0.25, 0.3) is 45.5 Å². The fourth-order valence-corrected chi connectivity index (χ4v) is 40.1. The Morgan fingerprint density at radius 1 is 0.536 bits per heavy atom. The molecule has 2 aliphatic carbocycles. The minimum absolute atomic E-state index is 0.0932. The van der Waals surface area contributed by atoms with Crippen molar-refractivity contribution >= 4 is 52.3 Å². The number of rotatable bonds is 7. The number of hydrogen-bond donors (Lipinski definition) is 0. The Kier molecular flexibility index (Phi) is 9.37. The summed E-state index contributed by atoms with van der Waals surface area (Å²) in [5.74, 6) is 0. The van der Waals surface area contributed by atoms with Gasteiger partial charge >= 0.3 is 348 Å². The van der Waals surface area contributed by atoms with Crippen LogP contribution >= 0.6 is 17.0 Å². The van der Waals surface area contributed by atoms with Gasteiger partial charge in [-0.3, -0.25) is 0 Å². The van der Waals surface area contributed by atoms with Crippen molar-refractivity contribution in [3.63, 3.8) is 0 Å². The third kappa shape index (κ3) is 5.68. The van der Waals surface area contributed by atoms with Crippen molar-refractivity contribution in [1.82, 2.24) is 0 Å². The first-order valence-electron chi connectivity index (χ1n) is 20.4. The average Bonchev–Trinajstić information content (AvgIpc) is 3.83. The molecule has 0 N–H and O–H groups in total. The standard InChI is InChI=1S/2C20H21.C12H9Si.2ClH.Zr/c2*1-5-16-6-7-17-9-15(4)12-19(17)20(16)18-10-13(2)8-14(3)11-18;1-3-7-11-9(5-1)10-6-2-4-8-12(10)13-11;;;/h2*6-12H,5H2,1-4H3;1-7H,13H2;2*1H;/q;;;;;+2/p-2. The van der Waals surface area contributed by atoms with Crippen LogP contribution < -0.4 is 13.6 Å². The Hall–Kier alpha value is -3.52. The summed E-state index contributed by atoms with van der Waals surface area (Å²) in [6.45, 7) is 18.1. The van der Waals surface area contributed by atoms with Gasteiger partial charge in [0.2, 0.25) is 0 Å². The van der Waals surface area contributed by atoms with Crippen molar-refractivity contribution in [2.24, 2.45) is 0 Å². The number of benzene rings is 6. The van der Waals surface area contributed by atoms with Crippen LogP contribution in [0.3, 0.4) is 0 Å². The van der Waals surface area contributed by atoms with E-state index in [0.29, 0.717) is 0 Å². The molecule has 0 saturated carbocycles. The van der Waals surface area contributed by atoms with Gasteiger partial charge in [-0.2, -0.15) is 0 Å². The van der Waals surface area contributed by atoms with E-state index < -0.39 is 25.9 Å². The fraction of sp³-hybridized carbons (Fsp3) is 0.231. The first kappa shape index (κ1) is 38.0. The molecule has 56 heavy (non-hydrogen) atoms. The average molecular weight is 866 g/mol. The molecule has 1 heterocycles. The predicted molar refractivity (Wildman–Crippen MR) is 245 cm³/mol. The summed E-state index contributed by atoms with van der Waals surface area (Å²) in [6, 6.07) is 39.5. The summed E-state index contributed by atoms with van der Waals surface area (Å²) in [7, 11) is 17.5. The van der Waals surface area contributed by atoms with Gasteiger partial charge in [-0.05, 0) is 0 Å². The molecule has 6 aromatic rings. The predicted octanol–water partition coefficient (Wildman–Crippen LogP) is 12.4. The van der Waals surface area contributed by atoms with Gasteiger partial charge in [-0.25, -0.2) is 0 Å². The maximum absolute atomic E-state index is 9.16. The van der Waals surface area contributed by atoms with E-state index in [9.17, 15) is 0 Å². The van der Waals surface area contributed by atoms with Gasteiger partial charge in [0.25, 0.3) is 0 Å².